The maximum absolute atomic E-state index is 13.8. The minimum Gasteiger partial charge on any atom is -0.507 e. The third kappa shape index (κ3) is 3.19. The van der Waals surface area contributed by atoms with Crippen LogP contribution in [0.25, 0.3) is 0 Å². The third-order valence-corrected chi connectivity index (χ3v) is 9.92. The molecule has 1 aromatic carbocycles. The van der Waals surface area contributed by atoms with Crippen LogP contribution in [-0.2, 0) is 25.6 Å². The zero-order valence-corrected chi connectivity index (χ0v) is 22.8. The Morgan fingerprint density at radius 2 is 1.78 bits per heavy atom. The normalized spacial score (nSPS) is 35.4. The topological polar surface area (TPSA) is 95.0 Å². The van der Waals surface area contributed by atoms with Gasteiger partial charge in [0.05, 0.1) is 11.8 Å². The van der Waals surface area contributed by atoms with Gasteiger partial charge >= 0.3 is 0 Å². The van der Waals surface area contributed by atoms with Crippen molar-refractivity contribution in [3.05, 3.63) is 53.6 Å². The number of hydrogen-bond donors (Lipinski definition) is 1. The third-order valence-electron chi connectivity index (χ3n) is 8.51. The molecule has 5 rings (SSSR count). The maximum atomic E-state index is 13.8. The highest BCUT2D eigenvalue weighted by Crippen LogP contribution is 2.66. The molecule has 196 valence electrons. The Bertz CT molecular complexity index is 1300. The Labute approximate surface area is 226 Å². The van der Waals surface area contributed by atoms with Crippen molar-refractivity contribution < 1.29 is 24.3 Å². The van der Waals surface area contributed by atoms with Gasteiger partial charge in [0, 0.05) is 24.1 Å². The van der Waals surface area contributed by atoms with Crippen LogP contribution in [0.4, 0.5) is 0 Å². The lowest BCUT2D eigenvalue weighted by Crippen LogP contribution is -2.60. The van der Waals surface area contributed by atoms with E-state index in [0.717, 1.165) is 4.90 Å². The molecule has 1 aromatic rings. The van der Waals surface area contributed by atoms with E-state index >= 15 is 0 Å². The van der Waals surface area contributed by atoms with Crippen LogP contribution in [0.5, 0.6) is 5.75 Å². The Hall–Kier alpha value is -2.64. The molecule has 4 aliphatic rings. The van der Waals surface area contributed by atoms with Gasteiger partial charge < -0.3 is 5.11 Å². The molecule has 7 nitrogen and oxygen atoms in total. The summed E-state index contributed by atoms with van der Waals surface area (Å²) < 4.78 is 0. The molecule has 2 heterocycles. The summed E-state index contributed by atoms with van der Waals surface area (Å²) in [5.41, 5.74) is 0.882. The van der Waals surface area contributed by atoms with E-state index in [1.54, 1.807) is 24.3 Å². The van der Waals surface area contributed by atoms with Gasteiger partial charge in [0.25, 0.3) is 11.8 Å². The number of carbonyl (C=O) groups excluding carboxylic acids is 4. The van der Waals surface area contributed by atoms with Gasteiger partial charge in [-0.25, -0.2) is 0 Å². The van der Waals surface area contributed by atoms with Crippen LogP contribution in [-0.4, -0.2) is 60.9 Å². The maximum Gasteiger partial charge on any atom is 0.253 e. The lowest BCUT2D eigenvalue weighted by molar-refractivity contribution is -0.146. The Morgan fingerprint density at radius 1 is 1.11 bits per heavy atom. The highest BCUT2D eigenvalue weighted by atomic mass is 35.5. The summed E-state index contributed by atoms with van der Waals surface area (Å²) in [5, 5.41) is 11.3. The van der Waals surface area contributed by atoms with E-state index in [1.807, 2.05) is 26.8 Å². The average Bonchev–Trinajstić information content (AvgIpc) is 3.16. The molecule has 6 atom stereocenters. The molecule has 2 saturated heterocycles. The number of nitrogens with zero attached hydrogens (tertiary/aromatic N) is 2. The van der Waals surface area contributed by atoms with E-state index in [4.69, 9.17) is 23.2 Å². The predicted octanol–water partition coefficient (Wildman–Crippen LogP) is 3.91. The number of alkyl halides is 2. The molecule has 1 saturated carbocycles. The van der Waals surface area contributed by atoms with Crippen molar-refractivity contribution in [1.29, 1.82) is 0 Å². The summed E-state index contributed by atoms with van der Waals surface area (Å²) in [6, 6.07) is 5.16. The van der Waals surface area contributed by atoms with E-state index in [2.05, 4.69) is 6.58 Å². The number of phenols is 1. The highest BCUT2D eigenvalue weighted by Gasteiger charge is 2.76. The molecule has 0 radical (unpaired) electrons. The summed E-state index contributed by atoms with van der Waals surface area (Å²) in [7, 11) is 1.34. The summed E-state index contributed by atoms with van der Waals surface area (Å²) >= 11 is 14.3. The Kier molecular flexibility index (Phi) is 5.74. The van der Waals surface area contributed by atoms with Crippen LogP contribution < -0.4 is 0 Å². The quantitative estimate of drug-likeness (QED) is 0.353. The van der Waals surface area contributed by atoms with E-state index in [0.29, 0.717) is 23.1 Å². The second-order valence-electron chi connectivity index (χ2n) is 11.5. The molecule has 1 N–H and O–H groups in total. The van der Waals surface area contributed by atoms with Gasteiger partial charge in [-0.15, -0.1) is 29.8 Å². The highest BCUT2D eigenvalue weighted by molar-refractivity contribution is 6.53. The minimum atomic E-state index is -1.92. The first-order valence-corrected chi connectivity index (χ1v) is 13.2. The second kappa shape index (κ2) is 8.18. The molecule has 2 aliphatic carbocycles. The van der Waals surface area contributed by atoms with Gasteiger partial charge in [0.15, 0.2) is 9.75 Å². The molecule has 3 fully saturated rings. The van der Waals surface area contributed by atoms with Gasteiger partial charge in [0.1, 0.15) is 5.75 Å². The largest absolute Gasteiger partial charge is 0.507 e. The molecule has 9 heteroatoms. The fraction of sp³-hybridized carbons (Fsp3) is 0.500. The van der Waals surface area contributed by atoms with Gasteiger partial charge in [-0.3, -0.25) is 29.0 Å². The zero-order valence-electron chi connectivity index (χ0n) is 21.3. The van der Waals surface area contributed by atoms with Gasteiger partial charge in [-0.05, 0) is 51.5 Å². The van der Waals surface area contributed by atoms with Crippen molar-refractivity contribution in [2.24, 2.45) is 17.8 Å². The number of benzene rings is 1. The monoisotopic (exact) mass is 544 g/mol. The van der Waals surface area contributed by atoms with E-state index in [-0.39, 0.29) is 30.4 Å². The number of carbonyl (C=O) groups is 4. The fourth-order valence-electron chi connectivity index (χ4n) is 6.92. The molecule has 0 bridgehead atoms. The number of halogens is 2. The van der Waals surface area contributed by atoms with Crippen LogP contribution in [0.15, 0.2) is 42.5 Å². The van der Waals surface area contributed by atoms with Crippen molar-refractivity contribution in [1.82, 2.24) is 9.80 Å². The van der Waals surface area contributed by atoms with Crippen molar-refractivity contribution in [3.8, 4) is 5.75 Å². The first-order valence-electron chi connectivity index (χ1n) is 12.4. The van der Waals surface area contributed by atoms with Crippen LogP contribution in [0.2, 0.25) is 0 Å². The van der Waals surface area contributed by atoms with E-state index in [9.17, 15) is 24.3 Å². The molecule has 37 heavy (non-hydrogen) atoms. The smallest absolute Gasteiger partial charge is 0.253 e. The molecule has 0 aromatic heterocycles. The number of imide groups is 2. The molecular formula is C28H30Cl2N2O5. The average molecular weight is 545 g/mol. The number of hydrogen-bond acceptors (Lipinski definition) is 5. The number of phenolic OH excluding ortho intramolecular Hbond substituents is 1. The number of allylic oxidation sites excluding steroid dienone is 3. The van der Waals surface area contributed by atoms with Crippen molar-refractivity contribution in [3.63, 3.8) is 0 Å². The number of para-hydroxylation sites is 1. The summed E-state index contributed by atoms with van der Waals surface area (Å²) in [5.74, 6) is -4.84. The lowest BCUT2D eigenvalue weighted by atomic mass is 9.56. The van der Waals surface area contributed by atoms with Crippen molar-refractivity contribution in [2.45, 2.75) is 61.2 Å². The molecule has 0 spiro atoms. The Balaban J connectivity index is 1.75. The van der Waals surface area contributed by atoms with Gasteiger partial charge in [-0.2, -0.15) is 0 Å². The van der Waals surface area contributed by atoms with Gasteiger partial charge in [-0.1, -0.05) is 35.9 Å². The van der Waals surface area contributed by atoms with Crippen LogP contribution in [0.1, 0.15) is 50.7 Å². The number of fused-ring (bicyclic) bond motifs is 4. The fourth-order valence-corrected chi connectivity index (χ4v) is 7.93. The number of aromatic hydroxyl groups is 1. The number of rotatable bonds is 3. The Morgan fingerprint density at radius 3 is 2.41 bits per heavy atom. The molecule has 2 aliphatic heterocycles. The standard InChI is InChI=1S/C28H30Cl2N2O5/c1-6-8-14-9-7-10-17(21(14)33)20-15-11-12-16-19(23(35)32(22(16)34)26(2,3)4)18(15)13-27(29)24(36)31(5)25(37)28(20,27)30/h6-7,9-11,16,18-20,33H,1,8,12-13H2,2-5H3. The molecular weight excluding hydrogens is 515 g/mol. The minimum absolute atomic E-state index is 0.0601. The van der Waals surface area contributed by atoms with Crippen molar-refractivity contribution >= 4 is 46.8 Å². The summed E-state index contributed by atoms with van der Waals surface area (Å²) in [6.45, 7) is 9.17. The van der Waals surface area contributed by atoms with Crippen LogP contribution >= 0.6 is 23.2 Å². The van der Waals surface area contributed by atoms with Crippen LogP contribution in [0.3, 0.4) is 0 Å². The number of likely N-dealkylation sites (tertiary alicyclic amines) is 2. The molecule has 4 amide bonds. The SMILES string of the molecule is C=CCc1cccc(C2C3=CCC4C(=O)N(C(C)(C)C)C(=O)C4C3CC3(Cl)C(=O)N(C)C(=O)C23Cl)c1O. The zero-order chi connectivity index (χ0) is 27.2. The summed E-state index contributed by atoms with van der Waals surface area (Å²) in [4.78, 5) is 52.7. The predicted molar refractivity (Wildman–Crippen MR) is 139 cm³/mol. The van der Waals surface area contributed by atoms with E-state index < -0.39 is 50.8 Å². The van der Waals surface area contributed by atoms with Crippen LogP contribution in [0, 0.1) is 17.8 Å². The first kappa shape index (κ1) is 26.0. The lowest BCUT2D eigenvalue weighted by Gasteiger charge is -2.51. The molecule has 6 unspecified atom stereocenters. The van der Waals surface area contributed by atoms with Gasteiger partial charge in [0.2, 0.25) is 11.8 Å². The van der Waals surface area contributed by atoms with E-state index in [1.165, 1.54) is 11.9 Å². The number of amides is 4. The second-order valence-corrected chi connectivity index (χ2v) is 12.8. The van der Waals surface area contributed by atoms with Crippen molar-refractivity contribution in [2.75, 3.05) is 7.05 Å². The summed E-state index contributed by atoms with van der Waals surface area (Å²) in [6.07, 6.45) is 4.11. The first-order chi connectivity index (χ1) is 17.2.